The maximum Gasteiger partial charge on any atom is 0.195 e. The van der Waals surface area contributed by atoms with Crippen LogP contribution in [0.15, 0.2) is 17.5 Å². The predicted molar refractivity (Wildman–Crippen MR) is 52.2 cm³/mol. The molecule has 5 heteroatoms. The topological polar surface area (TPSA) is 12.9 Å². The van der Waals surface area contributed by atoms with Gasteiger partial charge < -0.3 is 0 Å². The summed E-state index contributed by atoms with van der Waals surface area (Å²) in [6, 6.07) is 2.08. The lowest BCUT2D eigenvalue weighted by atomic mass is 10.2. The zero-order valence-corrected chi connectivity index (χ0v) is 8.54. The first-order valence-electron chi connectivity index (χ1n) is 4.15. The molecule has 0 aliphatic heterocycles. The van der Waals surface area contributed by atoms with E-state index in [1.165, 1.54) is 17.4 Å². The van der Waals surface area contributed by atoms with Gasteiger partial charge >= 0.3 is 0 Å². The van der Waals surface area contributed by atoms with Crippen molar-refractivity contribution in [1.29, 1.82) is 0 Å². The first kappa shape index (κ1) is 10.2. The van der Waals surface area contributed by atoms with Crippen LogP contribution in [0.2, 0.25) is 0 Å². The molecule has 1 aromatic carbocycles. The van der Waals surface area contributed by atoms with Gasteiger partial charge in [0.05, 0.1) is 0 Å². The van der Waals surface area contributed by atoms with Gasteiger partial charge in [-0.1, -0.05) is 0 Å². The Morgan fingerprint density at radius 2 is 1.87 bits per heavy atom. The molecule has 1 aromatic heterocycles. The largest absolute Gasteiger partial charge is 0.241 e. The SMILES string of the molecule is Cc1csc(-c2ccc(F)c(F)c2F)n1. The van der Waals surface area contributed by atoms with E-state index in [1.807, 2.05) is 0 Å². The van der Waals surface area contributed by atoms with Crippen molar-refractivity contribution in [2.24, 2.45) is 0 Å². The third-order valence-electron chi connectivity index (χ3n) is 1.88. The molecule has 0 saturated heterocycles. The number of hydrogen-bond donors (Lipinski definition) is 0. The first-order chi connectivity index (χ1) is 7.09. The van der Waals surface area contributed by atoms with Gasteiger partial charge in [-0.3, -0.25) is 0 Å². The minimum atomic E-state index is -1.46. The van der Waals surface area contributed by atoms with Crippen molar-refractivity contribution in [1.82, 2.24) is 4.98 Å². The highest BCUT2D eigenvalue weighted by molar-refractivity contribution is 7.13. The number of aryl methyl sites for hydroxylation is 1. The van der Waals surface area contributed by atoms with E-state index in [1.54, 1.807) is 12.3 Å². The zero-order valence-electron chi connectivity index (χ0n) is 7.72. The zero-order chi connectivity index (χ0) is 11.0. The van der Waals surface area contributed by atoms with E-state index >= 15 is 0 Å². The maximum absolute atomic E-state index is 13.3. The summed E-state index contributed by atoms with van der Waals surface area (Å²) in [5.74, 6) is -3.84. The Bertz CT molecular complexity index is 507. The molecule has 0 fully saturated rings. The molecule has 0 aliphatic carbocycles. The molecular formula is C10H6F3NS. The second-order valence-corrected chi connectivity index (χ2v) is 3.88. The summed E-state index contributed by atoms with van der Waals surface area (Å²) in [6.45, 7) is 1.75. The van der Waals surface area contributed by atoms with Crippen molar-refractivity contribution in [3.8, 4) is 10.6 Å². The Hall–Kier alpha value is -1.36. The highest BCUT2D eigenvalue weighted by Gasteiger charge is 2.16. The van der Waals surface area contributed by atoms with Crippen LogP contribution in [0.1, 0.15) is 5.69 Å². The molecule has 0 radical (unpaired) electrons. The number of nitrogens with zero attached hydrogens (tertiary/aromatic N) is 1. The fraction of sp³-hybridized carbons (Fsp3) is 0.100. The Labute approximate surface area is 88.2 Å². The van der Waals surface area contributed by atoms with Gasteiger partial charge in [-0.2, -0.15) is 0 Å². The molecule has 0 bridgehead atoms. The first-order valence-corrected chi connectivity index (χ1v) is 5.03. The molecule has 2 aromatic rings. The second kappa shape index (κ2) is 3.66. The lowest BCUT2D eigenvalue weighted by Gasteiger charge is -2.00. The van der Waals surface area contributed by atoms with E-state index in [2.05, 4.69) is 4.98 Å². The van der Waals surface area contributed by atoms with Gasteiger partial charge in [0, 0.05) is 16.6 Å². The Morgan fingerprint density at radius 1 is 1.13 bits per heavy atom. The molecule has 2 rings (SSSR count). The smallest absolute Gasteiger partial charge is 0.195 e. The molecule has 0 amide bonds. The fourth-order valence-corrected chi connectivity index (χ4v) is 1.98. The second-order valence-electron chi connectivity index (χ2n) is 3.02. The summed E-state index contributed by atoms with van der Waals surface area (Å²) in [5.41, 5.74) is 0.714. The highest BCUT2D eigenvalue weighted by Crippen LogP contribution is 2.28. The molecular weight excluding hydrogens is 223 g/mol. The van der Waals surface area contributed by atoms with Crippen LogP contribution in [0.25, 0.3) is 10.6 Å². The lowest BCUT2D eigenvalue weighted by molar-refractivity contribution is 0.449. The number of benzene rings is 1. The van der Waals surface area contributed by atoms with E-state index in [0.717, 1.165) is 11.8 Å². The van der Waals surface area contributed by atoms with Crippen LogP contribution < -0.4 is 0 Å². The highest BCUT2D eigenvalue weighted by atomic mass is 32.1. The molecule has 0 atom stereocenters. The molecule has 0 spiro atoms. The molecule has 0 aliphatic rings. The standard InChI is InChI=1S/C10H6F3NS/c1-5-4-15-10(14-5)6-2-3-7(11)9(13)8(6)12/h2-4H,1H3. The van der Waals surface area contributed by atoms with Crippen molar-refractivity contribution in [3.05, 3.63) is 40.7 Å². The van der Waals surface area contributed by atoms with Crippen molar-refractivity contribution in [2.75, 3.05) is 0 Å². The van der Waals surface area contributed by atoms with Crippen LogP contribution >= 0.6 is 11.3 Å². The predicted octanol–water partition coefficient (Wildman–Crippen LogP) is 3.54. The van der Waals surface area contributed by atoms with Crippen molar-refractivity contribution in [2.45, 2.75) is 6.92 Å². The summed E-state index contributed by atoms with van der Waals surface area (Å²) in [6.07, 6.45) is 0. The van der Waals surface area contributed by atoms with Crippen LogP contribution in [0.3, 0.4) is 0 Å². The molecule has 0 N–H and O–H groups in total. The van der Waals surface area contributed by atoms with E-state index in [9.17, 15) is 13.2 Å². The summed E-state index contributed by atoms with van der Waals surface area (Å²) in [4.78, 5) is 4.00. The van der Waals surface area contributed by atoms with Crippen molar-refractivity contribution in [3.63, 3.8) is 0 Å². The third kappa shape index (κ3) is 1.74. The van der Waals surface area contributed by atoms with Gasteiger partial charge in [0.1, 0.15) is 5.01 Å². The summed E-state index contributed by atoms with van der Waals surface area (Å²) in [7, 11) is 0. The van der Waals surface area contributed by atoms with Gasteiger partial charge in [-0.25, -0.2) is 18.2 Å². The Morgan fingerprint density at radius 3 is 2.47 bits per heavy atom. The van der Waals surface area contributed by atoms with Gasteiger partial charge in [-0.05, 0) is 19.1 Å². The van der Waals surface area contributed by atoms with Crippen LogP contribution in [-0.4, -0.2) is 4.98 Å². The number of thiazole rings is 1. The quantitative estimate of drug-likeness (QED) is 0.681. The molecule has 1 heterocycles. The van der Waals surface area contributed by atoms with Crippen molar-refractivity contribution >= 4 is 11.3 Å². The molecule has 15 heavy (non-hydrogen) atoms. The minimum absolute atomic E-state index is 0.00741. The molecule has 0 saturated carbocycles. The summed E-state index contributed by atoms with van der Waals surface area (Å²) >= 11 is 1.19. The normalized spacial score (nSPS) is 10.7. The maximum atomic E-state index is 13.3. The van der Waals surface area contributed by atoms with E-state index in [4.69, 9.17) is 0 Å². The van der Waals surface area contributed by atoms with Crippen LogP contribution in [0.5, 0.6) is 0 Å². The van der Waals surface area contributed by atoms with Crippen LogP contribution in [0.4, 0.5) is 13.2 Å². The average Bonchev–Trinajstić information content (AvgIpc) is 2.61. The van der Waals surface area contributed by atoms with E-state index in [-0.39, 0.29) is 5.56 Å². The monoisotopic (exact) mass is 229 g/mol. The van der Waals surface area contributed by atoms with Crippen molar-refractivity contribution < 1.29 is 13.2 Å². The van der Waals surface area contributed by atoms with Gasteiger partial charge in [-0.15, -0.1) is 11.3 Å². The van der Waals surface area contributed by atoms with Crippen LogP contribution in [-0.2, 0) is 0 Å². The number of halogens is 3. The van der Waals surface area contributed by atoms with E-state index in [0.29, 0.717) is 5.01 Å². The summed E-state index contributed by atoms with van der Waals surface area (Å²) in [5, 5.41) is 2.07. The number of hydrogen-bond acceptors (Lipinski definition) is 2. The van der Waals surface area contributed by atoms with Gasteiger partial charge in [0.2, 0.25) is 0 Å². The molecule has 0 unspecified atom stereocenters. The van der Waals surface area contributed by atoms with Gasteiger partial charge in [0.25, 0.3) is 0 Å². The minimum Gasteiger partial charge on any atom is -0.241 e. The van der Waals surface area contributed by atoms with Gasteiger partial charge in [0.15, 0.2) is 17.5 Å². The Kier molecular flexibility index (Phi) is 2.48. The Balaban J connectivity index is 2.59. The number of rotatable bonds is 1. The van der Waals surface area contributed by atoms with E-state index < -0.39 is 17.5 Å². The fourth-order valence-electron chi connectivity index (χ4n) is 1.17. The number of aromatic nitrogens is 1. The summed E-state index contributed by atoms with van der Waals surface area (Å²) < 4.78 is 38.9. The average molecular weight is 229 g/mol. The molecule has 1 nitrogen and oxygen atoms in total. The molecule has 78 valence electrons. The van der Waals surface area contributed by atoms with Crippen LogP contribution in [0, 0.1) is 24.4 Å². The third-order valence-corrected chi connectivity index (χ3v) is 2.88. The lowest BCUT2D eigenvalue weighted by Crippen LogP contribution is -1.93.